The highest BCUT2D eigenvalue weighted by molar-refractivity contribution is 5.90. The summed E-state index contributed by atoms with van der Waals surface area (Å²) in [6.07, 6.45) is 1.21. The highest BCUT2D eigenvalue weighted by Gasteiger charge is 2.47. The Bertz CT molecular complexity index is 378. The number of amides is 2. The predicted molar refractivity (Wildman–Crippen MR) is 74.9 cm³/mol. The Morgan fingerprint density at radius 2 is 2.00 bits per heavy atom. The number of carbonyl (C=O) groups excluding carboxylic acids is 2. The third kappa shape index (κ3) is 3.12. The van der Waals surface area contributed by atoms with E-state index in [1.807, 2.05) is 6.92 Å². The minimum atomic E-state index is -0.715. The van der Waals surface area contributed by atoms with Crippen LogP contribution in [0.4, 0.5) is 0 Å². The molecule has 0 radical (unpaired) electrons. The maximum atomic E-state index is 12.2. The standard InChI is InChI=1S/C14H25N3O3/c1-8(12-11(9(2)18)14(20)16-12)13(19)15-10-4-6-17(3)7-5-10/h8-12,18H,4-7H2,1-3H3,(H,15,19)(H,16,20)/t8?,9?,11-,12-/m1/s1. The fourth-order valence-corrected chi connectivity index (χ4v) is 3.02. The van der Waals surface area contributed by atoms with Crippen molar-refractivity contribution in [2.24, 2.45) is 11.8 Å². The van der Waals surface area contributed by atoms with Gasteiger partial charge in [-0.25, -0.2) is 0 Å². The fraction of sp³-hybridized carbons (Fsp3) is 0.857. The number of nitrogens with one attached hydrogen (secondary N) is 2. The molecule has 0 aromatic rings. The van der Waals surface area contributed by atoms with Crippen LogP contribution in [0.5, 0.6) is 0 Å². The molecule has 2 saturated heterocycles. The lowest BCUT2D eigenvalue weighted by molar-refractivity contribution is -0.145. The quantitative estimate of drug-likeness (QED) is 0.598. The van der Waals surface area contributed by atoms with E-state index >= 15 is 0 Å². The SMILES string of the molecule is CC(C(=O)NC1CCN(C)CC1)[C@H]1NC(=O)[C@@H]1C(C)O. The van der Waals surface area contributed by atoms with Crippen LogP contribution < -0.4 is 10.6 Å². The first-order valence-electron chi connectivity index (χ1n) is 7.37. The second-order valence-corrected chi connectivity index (χ2v) is 6.18. The van der Waals surface area contributed by atoms with Gasteiger partial charge in [0.15, 0.2) is 0 Å². The summed E-state index contributed by atoms with van der Waals surface area (Å²) in [6, 6.07) is -0.0318. The van der Waals surface area contributed by atoms with E-state index in [2.05, 4.69) is 22.6 Å². The average molecular weight is 283 g/mol. The van der Waals surface area contributed by atoms with Crippen LogP contribution in [0.15, 0.2) is 0 Å². The van der Waals surface area contributed by atoms with Gasteiger partial charge in [-0.1, -0.05) is 6.92 Å². The first-order chi connectivity index (χ1) is 9.40. The monoisotopic (exact) mass is 283 g/mol. The molecule has 2 rings (SSSR count). The van der Waals surface area contributed by atoms with Gasteiger partial charge >= 0.3 is 0 Å². The third-order valence-corrected chi connectivity index (χ3v) is 4.54. The van der Waals surface area contributed by atoms with Crippen molar-refractivity contribution in [2.75, 3.05) is 20.1 Å². The van der Waals surface area contributed by atoms with Crippen molar-refractivity contribution in [3.63, 3.8) is 0 Å². The van der Waals surface area contributed by atoms with Gasteiger partial charge in [0.1, 0.15) is 0 Å². The minimum Gasteiger partial charge on any atom is -0.393 e. The lowest BCUT2D eigenvalue weighted by atomic mass is 9.78. The van der Waals surface area contributed by atoms with Crippen molar-refractivity contribution in [1.29, 1.82) is 0 Å². The zero-order valence-electron chi connectivity index (χ0n) is 12.4. The van der Waals surface area contributed by atoms with Gasteiger partial charge in [0, 0.05) is 6.04 Å². The molecule has 2 fully saturated rings. The molecule has 6 heteroatoms. The molecule has 2 unspecified atom stereocenters. The molecule has 4 atom stereocenters. The van der Waals surface area contributed by atoms with E-state index < -0.39 is 12.0 Å². The molecule has 0 saturated carbocycles. The minimum absolute atomic E-state index is 0.0322. The number of aliphatic hydroxyl groups excluding tert-OH is 1. The number of nitrogens with zero attached hydrogens (tertiary/aromatic N) is 1. The number of rotatable bonds is 4. The molecule has 0 spiro atoms. The van der Waals surface area contributed by atoms with Crippen molar-refractivity contribution in [2.45, 2.75) is 44.9 Å². The summed E-state index contributed by atoms with van der Waals surface area (Å²) in [5.74, 6) is -0.973. The molecule has 2 amide bonds. The largest absolute Gasteiger partial charge is 0.393 e. The maximum absolute atomic E-state index is 12.2. The first kappa shape index (κ1) is 15.3. The normalized spacial score (nSPS) is 31.1. The van der Waals surface area contributed by atoms with Gasteiger partial charge in [-0.05, 0) is 39.9 Å². The Labute approximate surface area is 119 Å². The van der Waals surface area contributed by atoms with Crippen LogP contribution in [0, 0.1) is 11.8 Å². The number of β-lactam (4-membered cyclic amide) rings is 1. The molecule has 20 heavy (non-hydrogen) atoms. The summed E-state index contributed by atoms with van der Waals surface area (Å²) in [5, 5.41) is 15.4. The Morgan fingerprint density at radius 3 is 2.50 bits per heavy atom. The molecule has 2 aliphatic rings. The zero-order valence-corrected chi connectivity index (χ0v) is 12.4. The number of aliphatic hydroxyl groups is 1. The highest BCUT2D eigenvalue weighted by Crippen LogP contribution is 2.26. The van der Waals surface area contributed by atoms with Gasteiger partial charge in [-0.2, -0.15) is 0 Å². The van der Waals surface area contributed by atoms with E-state index in [9.17, 15) is 14.7 Å². The summed E-state index contributed by atoms with van der Waals surface area (Å²) in [7, 11) is 2.08. The lowest BCUT2D eigenvalue weighted by Gasteiger charge is -2.42. The van der Waals surface area contributed by atoms with Crippen molar-refractivity contribution in [3.05, 3.63) is 0 Å². The van der Waals surface area contributed by atoms with Crippen LogP contribution in [0.3, 0.4) is 0 Å². The van der Waals surface area contributed by atoms with E-state index in [0.29, 0.717) is 0 Å². The molecule has 2 heterocycles. The van der Waals surface area contributed by atoms with E-state index in [0.717, 1.165) is 25.9 Å². The van der Waals surface area contributed by atoms with Crippen molar-refractivity contribution >= 4 is 11.8 Å². The first-order valence-corrected chi connectivity index (χ1v) is 7.37. The molecule has 3 N–H and O–H groups in total. The zero-order chi connectivity index (χ0) is 14.9. The van der Waals surface area contributed by atoms with E-state index in [1.54, 1.807) is 6.92 Å². The molecule has 0 aromatic heterocycles. The molecule has 0 bridgehead atoms. The van der Waals surface area contributed by atoms with Crippen molar-refractivity contribution < 1.29 is 14.7 Å². The maximum Gasteiger partial charge on any atom is 0.228 e. The van der Waals surface area contributed by atoms with Crippen molar-refractivity contribution in [3.8, 4) is 0 Å². The second kappa shape index (κ2) is 6.10. The van der Waals surface area contributed by atoms with Crippen LogP contribution >= 0.6 is 0 Å². The molecule has 2 aliphatic heterocycles. The number of hydrogen-bond acceptors (Lipinski definition) is 4. The second-order valence-electron chi connectivity index (χ2n) is 6.18. The van der Waals surface area contributed by atoms with Gasteiger partial charge in [-0.3, -0.25) is 9.59 Å². The molecular formula is C14H25N3O3. The van der Waals surface area contributed by atoms with Crippen LogP contribution in [0.1, 0.15) is 26.7 Å². The topological polar surface area (TPSA) is 81.7 Å². The summed E-state index contributed by atoms with van der Waals surface area (Å²) >= 11 is 0. The molecular weight excluding hydrogens is 258 g/mol. The van der Waals surface area contributed by atoms with Crippen molar-refractivity contribution in [1.82, 2.24) is 15.5 Å². The fourth-order valence-electron chi connectivity index (χ4n) is 3.02. The Balaban J connectivity index is 1.85. The molecule has 0 aromatic carbocycles. The number of carbonyl (C=O) groups is 2. The Hall–Kier alpha value is -1.14. The smallest absolute Gasteiger partial charge is 0.228 e. The van der Waals surface area contributed by atoms with Crippen LogP contribution in [-0.4, -0.2) is 60.1 Å². The van der Waals surface area contributed by atoms with Gasteiger partial charge in [-0.15, -0.1) is 0 Å². The molecule has 6 nitrogen and oxygen atoms in total. The summed E-state index contributed by atoms with van der Waals surface area (Å²) < 4.78 is 0. The van der Waals surface area contributed by atoms with E-state index in [4.69, 9.17) is 0 Å². The van der Waals surface area contributed by atoms with Crippen LogP contribution in [0.25, 0.3) is 0 Å². The van der Waals surface area contributed by atoms with Gasteiger partial charge in [0.25, 0.3) is 0 Å². The summed E-state index contributed by atoms with van der Waals surface area (Å²) in [6.45, 7) is 5.40. The van der Waals surface area contributed by atoms with E-state index in [1.165, 1.54) is 0 Å². The van der Waals surface area contributed by atoms with Gasteiger partial charge in [0.2, 0.25) is 11.8 Å². The lowest BCUT2D eigenvalue weighted by Crippen LogP contribution is -2.66. The average Bonchev–Trinajstić information content (AvgIpc) is 2.36. The van der Waals surface area contributed by atoms with Gasteiger partial charge in [0.05, 0.1) is 24.0 Å². The third-order valence-electron chi connectivity index (χ3n) is 4.54. The number of piperidine rings is 1. The summed E-state index contributed by atoms with van der Waals surface area (Å²) in [5.41, 5.74) is 0. The molecule has 114 valence electrons. The number of hydrogen-bond donors (Lipinski definition) is 3. The van der Waals surface area contributed by atoms with Gasteiger partial charge < -0.3 is 20.6 Å². The van der Waals surface area contributed by atoms with Crippen LogP contribution in [-0.2, 0) is 9.59 Å². The number of likely N-dealkylation sites (tertiary alicyclic amines) is 1. The summed E-state index contributed by atoms with van der Waals surface area (Å²) in [4.78, 5) is 25.9. The predicted octanol–water partition coefficient (Wildman–Crippen LogP) is -0.672. The Morgan fingerprint density at radius 1 is 1.40 bits per heavy atom. The van der Waals surface area contributed by atoms with E-state index in [-0.39, 0.29) is 29.8 Å². The molecule has 0 aliphatic carbocycles. The van der Waals surface area contributed by atoms with Crippen LogP contribution in [0.2, 0.25) is 0 Å². The highest BCUT2D eigenvalue weighted by atomic mass is 16.3. The Kier molecular flexibility index (Phi) is 4.65.